The van der Waals surface area contributed by atoms with Gasteiger partial charge in [-0.3, -0.25) is 9.79 Å². The molecule has 1 N–H and O–H groups in total. The fourth-order valence-corrected chi connectivity index (χ4v) is 4.03. The molecule has 8 heteroatoms. The van der Waals surface area contributed by atoms with Crippen LogP contribution in [0.3, 0.4) is 0 Å². The maximum absolute atomic E-state index is 13.5. The average molecular weight is 444 g/mol. The van der Waals surface area contributed by atoms with Crippen molar-refractivity contribution in [2.45, 2.75) is 38.5 Å². The van der Waals surface area contributed by atoms with E-state index in [1.165, 1.54) is 19.2 Å². The molecule has 0 saturated carbocycles. The molecule has 1 unspecified atom stereocenters. The lowest BCUT2D eigenvalue weighted by atomic mass is 9.85. The molecular weight excluding hydrogens is 421 g/mol. The van der Waals surface area contributed by atoms with Crippen molar-refractivity contribution in [2.24, 2.45) is 4.99 Å². The first kappa shape index (κ1) is 21.9. The van der Waals surface area contributed by atoms with E-state index in [4.69, 9.17) is 9.47 Å². The molecule has 168 valence electrons. The number of piperidine rings is 1. The van der Waals surface area contributed by atoms with E-state index in [-0.39, 0.29) is 30.4 Å². The number of aryl methyl sites for hydroxylation is 1. The van der Waals surface area contributed by atoms with Gasteiger partial charge in [-0.1, -0.05) is 31.2 Å². The molecule has 0 radical (unpaired) electrons. The monoisotopic (exact) mass is 444 g/mol. The maximum atomic E-state index is 13.5. The van der Waals surface area contributed by atoms with Gasteiger partial charge in [-0.05, 0) is 35.7 Å². The number of fused-ring (bicyclic) bond motifs is 1. The number of nitrogens with one attached hydrogen (secondary N) is 1. The topological polar surface area (TPSA) is 59.9 Å². The van der Waals surface area contributed by atoms with Gasteiger partial charge >= 0.3 is 6.18 Å². The molecule has 0 aliphatic carbocycles. The lowest BCUT2D eigenvalue weighted by molar-refractivity contribution is -0.138. The third kappa shape index (κ3) is 4.35. The zero-order valence-corrected chi connectivity index (χ0v) is 17.8. The Kier molecular flexibility index (Phi) is 5.95. The molecule has 0 aromatic heterocycles. The molecule has 4 rings (SSSR count). The first-order valence-corrected chi connectivity index (χ1v) is 10.3. The smallest absolute Gasteiger partial charge is 0.416 e. The summed E-state index contributed by atoms with van der Waals surface area (Å²) < 4.78 is 51.7. The molecule has 0 bridgehead atoms. The second kappa shape index (κ2) is 8.68. The van der Waals surface area contributed by atoms with E-state index in [1.807, 2.05) is 19.1 Å². The number of nitrogens with zero attached hydrogens (tertiary/aromatic N) is 1. The van der Waals surface area contributed by atoms with E-state index in [9.17, 15) is 18.0 Å². The van der Waals surface area contributed by atoms with Crippen molar-refractivity contribution >= 4 is 11.7 Å². The summed E-state index contributed by atoms with van der Waals surface area (Å²) in [5, 5.41) is 2.78. The van der Waals surface area contributed by atoms with Crippen LogP contribution >= 0.6 is 0 Å². The van der Waals surface area contributed by atoms with Crippen molar-refractivity contribution in [1.29, 1.82) is 0 Å². The summed E-state index contributed by atoms with van der Waals surface area (Å²) in [6.45, 7) is 2.09. The van der Waals surface area contributed by atoms with E-state index in [2.05, 4.69) is 10.3 Å². The first-order valence-electron chi connectivity index (χ1n) is 10.3. The minimum atomic E-state index is -4.46. The molecule has 2 aliphatic heterocycles. The number of methoxy groups -OCH3 is 1. The Balaban J connectivity index is 1.58. The summed E-state index contributed by atoms with van der Waals surface area (Å²) in [6.07, 6.45) is -1.68. The molecule has 2 heterocycles. The van der Waals surface area contributed by atoms with Gasteiger partial charge in [-0.25, -0.2) is 0 Å². The lowest BCUT2D eigenvalue weighted by Gasteiger charge is -2.26. The van der Waals surface area contributed by atoms with Crippen LogP contribution in [0.25, 0.3) is 0 Å². The summed E-state index contributed by atoms with van der Waals surface area (Å²) in [5.74, 6) is 1.05. The Morgan fingerprint density at radius 3 is 2.69 bits per heavy atom. The quantitative estimate of drug-likeness (QED) is 0.697. The molecule has 2 aromatic rings. The third-order valence-electron chi connectivity index (χ3n) is 5.72. The molecule has 2 aromatic carbocycles. The standard InChI is InChI=1S/C24H23F3N2O3/c1-3-14-4-5-16(19(10-14)24(25,26)27)13-32-20-7-6-15(11-21(20)31-2)18-12-22(30)29-23-17(18)8-9-28-23/h4-8,10-11,18H,3,9,12-13H2,1-2H3,(H,28,29,30). The number of hydrogen-bond acceptors (Lipinski definition) is 4. The number of amides is 1. The molecule has 1 atom stereocenters. The number of alkyl halides is 3. The highest BCUT2D eigenvalue weighted by atomic mass is 19.4. The van der Waals surface area contributed by atoms with Crippen LogP contribution in [0.4, 0.5) is 13.2 Å². The summed E-state index contributed by atoms with van der Waals surface area (Å²) in [5.41, 5.74) is 1.80. The SMILES string of the molecule is CCc1ccc(COc2ccc(C3CC(=O)NC4=NCC=C43)cc2OC)c(C(F)(F)F)c1. The zero-order valence-electron chi connectivity index (χ0n) is 17.8. The Morgan fingerprint density at radius 2 is 1.97 bits per heavy atom. The minimum absolute atomic E-state index is 0.0572. The van der Waals surface area contributed by atoms with Crippen LogP contribution in [0.15, 0.2) is 53.0 Å². The number of rotatable bonds is 6. The van der Waals surface area contributed by atoms with Crippen LogP contribution in [0.2, 0.25) is 0 Å². The lowest BCUT2D eigenvalue weighted by Crippen LogP contribution is -2.38. The first-order chi connectivity index (χ1) is 15.3. The van der Waals surface area contributed by atoms with Gasteiger partial charge in [0.15, 0.2) is 11.5 Å². The van der Waals surface area contributed by atoms with Gasteiger partial charge in [0.05, 0.1) is 19.2 Å². The van der Waals surface area contributed by atoms with Crippen LogP contribution in [-0.4, -0.2) is 25.4 Å². The number of carbonyl (C=O) groups excluding carboxylic acids is 1. The highest BCUT2D eigenvalue weighted by Gasteiger charge is 2.34. The van der Waals surface area contributed by atoms with E-state index >= 15 is 0 Å². The van der Waals surface area contributed by atoms with Crippen LogP contribution in [0.1, 0.15) is 41.5 Å². The zero-order chi connectivity index (χ0) is 22.9. The van der Waals surface area contributed by atoms with Crippen LogP contribution < -0.4 is 14.8 Å². The normalized spacial score (nSPS) is 17.9. The molecule has 2 aliphatic rings. The second-order valence-corrected chi connectivity index (χ2v) is 7.70. The van der Waals surface area contributed by atoms with E-state index < -0.39 is 11.7 Å². The van der Waals surface area contributed by atoms with E-state index in [0.717, 1.165) is 11.1 Å². The van der Waals surface area contributed by atoms with Gasteiger partial charge < -0.3 is 14.8 Å². The third-order valence-corrected chi connectivity index (χ3v) is 5.72. The molecule has 1 saturated heterocycles. The van der Waals surface area contributed by atoms with Gasteiger partial charge in [-0.15, -0.1) is 0 Å². The van der Waals surface area contributed by atoms with Crippen LogP contribution in [-0.2, 0) is 24.0 Å². The maximum Gasteiger partial charge on any atom is 0.416 e. The summed E-state index contributed by atoms with van der Waals surface area (Å²) in [7, 11) is 1.47. The van der Waals surface area contributed by atoms with Crippen molar-refractivity contribution < 1.29 is 27.4 Å². The van der Waals surface area contributed by atoms with Gasteiger partial charge in [0, 0.05) is 23.5 Å². The number of halogens is 3. The van der Waals surface area contributed by atoms with Crippen LogP contribution in [0, 0.1) is 0 Å². The Hall–Kier alpha value is -3.29. The highest BCUT2D eigenvalue weighted by molar-refractivity contribution is 6.12. The van der Waals surface area contributed by atoms with Crippen LogP contribution in [0.5, 0.6) is 11.5 Å². The Bertz CT molecular complexity index is 1110. The van der Waals surface area contributed by atoms with Crippen molar-refractivity contribution in [1.82, 2.24) is 5.32 Å². The number of hydrogen-bond donors (Lipinski definition) is 1. The minimum Gasteiger partial charge on any atom is -0.493 e. The number of amidine groups is 1. The molecular formula is C24H23F3N2O3. The fourth-order valence-electron chi connectivity index (χ4n) is 4.03. The summed E-state index contributed by atoms with van der Waals surface area (Å²) >= 11 is 0. The molecule has 1 amide bonds. The Labute approximate surface area is 183 Å². The van der Waals surface area contributed by atoms with Crippen molar-refractivity contribution in [2.75, 3.05) is 13.7 Å². The van der Waals surface area contributed by atoms with Gasteiger partial charge in [-0.2, -0.15) is 13.2 Å². The van der Waals surface area contributed by atoms with Crippen molar-refractivity contribution in [3.05, 3.63) is 70.3 Å². The van der Waals surface area contributed by atoms with Crippen molar-refractivity contribution in [3.63, 3.8) is 0 Å². The summed E-state index contributed by atoms with van der Waals surface area (Å²) in [6, 6.07) is 9.54. The largest absolute Gasteiger partial charge is 0.493 e. The predicted octanol–water partition coefficient (Wildman–Crippen LogP) is 4.80. The predicted molar refractivity (Wildman–Crippen MR) is 114 cm³/mol. The van der Waals surface area contributed by atoms with Gasteiger partial charge in [0.25, 0.3) is 0 Å². The van der Waals surface area contributed by atoms with E-state index in [0.29, 0.717) is 35.9 Å². The second-order valence-electron chi connectivity index (χ2n) is 7.70. The van der Waals surface area contributed by atoms with Crippen molar-refractivity contribution in [3.8, 4) is 11.5 Å². The molecule has 1 fully saturated rings. The Morgan fingerprint density at radius 1 is 1.16 bits per heavy atom. The fraction of sp³-hybridized carbons (Fsp3) is 0.333. The number of aliphatic imine (C=N–C) groups is 1. The summed E-state index contributed by atoms with van der Waals surface area (Å²) in [4.78, 5) is 16.4. The number of ether oxygens (including phenoxy) is 2. The average Bonchev–Trinajstić information content (AvgIpc) is 3.24. The highest BCUT2D eigenvalue weighted by Crippen LogP contribution is 2.39. The molecule has 0 spiro atoms. The molecule has 32 heavy (non-hydrogen) atoms. The van der Waals surface area contributed by atoms with Gasteiger partial charge in [0.1, 0.15) is 12.4 Å². The number of benzene rings is 2. The molecule has 5 nitrogen and oxygen atoms in total. The van der Waals surface area contributed by atoms with Gasteiger partial charge in [0.2, 0.25) is 5.91 Å². The van der Waals surface area contributed by atoms with E-state index in [1.54, 1.807) is 18.2 Å². The number of carbonyl (C=O) groups is 1.